The van der Waals surface area contributed by atoms with Crippen molar-refractivity contribution in [1.29, 1.82) is 0 Å². The third-order valence-electron chi connectivity index (χ3n) is 3.02. The predicted molar refractivity (Wildman–Crippen MR) is 84.6 cm³/mol. The lowest BCUT2D eigenvalue weighted by molar-refractivity contribution is 0.771. The summed E-state index contributed by atoms with van der Waals surface area (Å²) in [6.45, 7) is 6.59. The first-order chi connectivity index (χ1) is 9.49. The van der Waals surface area contributed by atoms with Gasteiger partial charge < -0.3 is 5.32 Å². The topological polar surface area (TPSA) is 37.8 Å². The number of hydrogen-bond acceptors (Lipinski definition) is 3. The molecule has 5 heteroatoms. The molecule has 0 spiro atoms. The molecular weight excluding hydrogens is 293 g/mol. The number of nitrogens with one attached hydrogen (secondary N) is 1. The van der Waals surface area contributed by atoms with Crippen LogP contribution in [0.15, 0.2) is 24.3 Å². The number of halogens is 2. The average Bonchev–Trinajstić information content (AvgIpc) is 2.41. The van der Waals surface area contributed by atoms with Gasteiger partial charge in [0.2, 0.25) is 0 Å². The number of benzene rings is 1. The fourth-order valence-electron chi connectivity index (χ4n) is 1.76. The Balaban J connectivity index is 2.23. The summed E-state index contributed by atoms with van der Waals surface area (Å²) in [4.78, 5) is 8.82. The van der Waals surface area contributed by atoms with Gasteiger partial charge in [0.05, 0.1) is 0 Å². The normalized spacial score (nSPS) is 10.9. The van der Waals surface area contributed by atoms with Crippen LogP contribution in [0.5, 0.6) is 0 Å². The quantitative estimate of drug-likeness (QED) is 0.822. The first kappa shape index (κ1) is 15.1. The summed E-state index contributed by atoms with van der Waals surface area (Å²) in [5.74, 6) is 1.73. The van der Waals surface area contributed by atoms with E-state index >= 15 is 0 Å². The standard InChI is InChI=1S/C15H17Cl2N3/c1-9(2)14-19-13(17)10(3)15(20-14)18-8-11-6-4-5-7-12(11)16/h4-7,9H,8H2,1-3H3,(H,18,19,20). The van der Waals surface area contributed by atoms with Crippen LogP contribution >= 0.6 is 23.2 Å². The van der Waals surface area contributed by atoms with Gasteiger partial charge in [-0.2, -0.15) is 0 Å². The maximum atomic E-state index is 6.16. The number of hydrogen-bond donors (Lipinski definition) is 1. The smallest absolute Gasteiger partial charge is 0.137 e. The summed E-state index contributed by atoms with van der Waals surface area (Å²) < 4.78 is 0. The highest BCUT2D eigenvalue weighted by molar-refractivity contribution is 6.31. The van der Waals surface area contributed by atoms with Crippen molar-refractivity contribution in [3.05, 3.63) is 51.4 Å². The SMILES string of the molecule is Cc1c(Cl)nc(C(C)C)nc1NCc1ccccc1Cl. The average molecular weight is 310 g/mol. The van der Waals surface area contributed by atoms with Gasteiger partial charge in [-0.3, -0.25) is 0 Å². The van der Waals surface area contributed by atoms with Gasteiger partial charge in [-0.1, -0.05) is 55.2 Å². The van der Waals surface area contributed by atoms with Crippen molar-refractivity contribution in [2.24, 2.45) is 0 Å². The molecule has 1 aromatic heterocycles. The second-order valence-corrected chi connectivity index (χ2v) is 5.71. The monoisotopic (exact) mass is 309 g/mol. The van der Waals surface area contributed by atoms with Crippen LogP contribution in [0.4, 0.5) is 5.82 Å². The summed E-state index contributed by atoms with van der Waals surface area (Å²) in [6, 6.07) is 7.73. The molecular formula is C15H17Cl2N3. The Hall–Kier alpha value is -1.32. The number of nitrogens with zero attached hydrogens (tertiary/aromatic N) is 2. The van der Waals surface area contributed by atoms with Gasteiger partial charge in [0, 0.05) is 23.0 Å². The van der Waals surface area contributed by atoms with Crippen LogP contribution in [0.2, 0.25) is 10.2 Å². The summed E-state index contributed by atoms with van der Waals surface area (Å²) in [7, 11) is 0. The van der Waals surface area contributed by atoms with Crippen LogP contribution in [0.3, 0.4) is 0 Å². The van der Waals surface area contributed by atoms with Gasteiger partial charge in [-0.25, -0.2) is 9.97 Å². The van der Waals surface area contributed by atoms with Gasteiger partial charge in [0.15, 0.2) is 0 Å². The number of anilines is 1. The van der Waals surface area contributed by atoms with Crippen LogP contribution in [0, 0.1) is 6.92 Å². The summed E-state index contributed by atoms with van der Waals surface area (Å²) in [5, 5.41) is 4.52. The van der Waals surface area contributed by atoms with Crippen LogP contribution in [-0.4, -0.2) is 9.97 Å². The lowest BCUT2D eigenvalue weighted by Gasteiger charge is -2.13. The van der Waals surface area contributed by atoms with E-state index < -0.39 is 0 Å². The van der Waals surface area contributed by atoms with Crippen LogP contribution in [0.1, 0.15) is 36.7 Å². The molecule has 2 aromatic rings. The van der Waals surface area contributed by atoms with E-state index in [1.807, 2.05) is 45.0 Å². The lowest BCUT2D eigenvalue weighted by atomic mass is 10.2. The Morgan fingerprint density at radius 2 is 1.85 bits per heavy atom. The molecule has 3 nitrogen and oxygen atoms in total. The zero-order chi connectivity index (χ0) is 14.7. The van der Waals surface area contributed by atoms with E-state index in [1.165, 1.54) is 0 Å². The third-order valence-corrected chi connectivity index (χ3v) is 3.76. The molecule has 0 amide bonds. The largest absolute Gasteiger partial charge is 0.366 e. The molecule has 0 bridgehead atoms. The molecule has 0 unspecified atom stereocenters. The van der Waals surface area contributed by atoms with Crippen molar-refractivity contribution in [2.45, 2.75) is 33.2 Å². The van der Waals surface area contributed by atoms with E-state index in [0.29, 0.717) is 11.7 Å². The molecule has 1 heterocycles. The summed E-state index contributed by atoms with van der Waals surface area (Å²) >= 11 is 12.3. The van der Waals surface area contributed by atoms with Crippen molar-refractivity contribution >= 4 is 29.0 Å². The fraction of sp³-hybridized carbons (Fsp3) is 0.333. The fourth-order valence-corrected chi connectivity index (χ4v) is 2.14. The molecule has 0 saturated carbocycles. The highest BCUT2D eigenvalue weighted by Crippen LogP contribution is 2.24. The van der Waals surface area contributed by atoms with Crippen LogP contribution in [0.25, 0.3) is 0 Å². The first-order valence-electron chi connectivity index (χ1n) is 6.50. The van der Waals surface area contributed by atoms with Crippen molar-refractivity contribution in [3.8, 4) is 0 Å². The highest BCUT2D eigenvalue weighted by atomic mass is 35.5. The number of aromatic nitrogens is 2. The molecule has 0 aliphatic rings. The summed E-state index contributed by atoms with van der Waals surface area (Å²) in [5.41, 5.74) is 1.87. The molecule has 0 aliphatic heterocycles. The molecule has 1 N–H and O–H groups in total. The van der Waals surface area contributed by atoms with Crippen molar-refractivity contribution in [2.75, 3.05) is 5.32 Å². The summed E-state index contributed by atoms with van der Waals surface area (Å²) in [6.07, 6.45) is 0. The maximum Gasteiger partial charge on any atom is 0.137 e. The second-order valence-electron chi connectivity index (χ2n) is 4.95. The molecule has 0 fully saturated rings. The molecule has 106 valence electrons. The molecule has 20 heavy (non-hydrogen) atoms. The minimum absolute atomic E-state index is 0.231. The molecule has 2 rings (SSSR count). The Morgan fingerprint density at radius 1 is 1.15 bits per heavy atom. The Kier molecular flexibility index (Phi) is 4.84. The van der Waals surface area contributed by atoms with E-state index in [4.69, 9.17) is 23.2 Å². The van der Waals surface area contributed by atoms with Gasteiger partial charge in [0.1, 0.15) is 16.8 Å². The van der Waals surface area contributed by atoms with Crippen molar-refractivity contribution in [3.63, 3.8) is 0 Å². The lowest BCUT2D eigenvalue weighted by Crippen LogP contribution is -2.08. The van der Waals surface area contributed by atoms with E-state index in [9.17, 15) is 0 Å². The zero-order valence-electron chi connectivity index (χ0n) is 11.7. The first-order valence-corrected chi connectivity index (χ1v) is 7.26. The van der Waals surface area contributed by atoms with Crippen molar-refractivity contribution < 1.29 is 0 Å². The van der Waals surface area contributed by atoms with E-state index in [-0.39, 0.29) is 5.92 Å². The zero-order valence-corrected chi connectivity index (χ0v) is 13.3. The molecule has 1 aromatic carbocycles. The second kappa shape index (κ2) is 6.42. The van der Waals surface area contributed by atoms with Crippen molar-refractivity contribution in [1.82, 2.24) is 9.97 Å². The molecule has 0 aliphatic carbocycles. The third kappa shape index (κ3) is 3.41. The van der Waals surface area contributed by atoms with Gasteiger partial charge in [-0.15, -0.1) is 0 Å². The number of rotatable bonds is 4. The van der Waals surface area contributed by atoms with E-state index in [0.717, 1.165) is 27.8 Å². The minimum atomic E-state index is 0.231. The van der Waals surface area contributed by atoms with Gasteiger partial charge in [0.25, 0.3) is 0 Å². The minimum Gasteiger partial charge on any atom is -0.366 e. The molecule has 0 saturated heterocycles. The van der Waals surface area contributed by atoms with E-state index in [2.05, 4.69) is 15.3 Å². The highest BCUT2D eigenvalue weighted by Gasteiger charge is 2.12. The Labute approximate surface area is 129 Å². The Bertz CT molecular complexity index is 612. The maximum absolute atomic E-state index is 6.16. The van der Waals surface area contributed by atoms with Crippen LogP contribution < -0.4 is 5.32 Å². The molecule has 0 radical (unpaired) electrons. The van der Waals surface area contributed by atoms with Gasteiger partial charge >= 0.3 is 0 Å². The van der Waals surface area contributed by atoms with E-state index in [1.54, 1.807) is 0 Å². The van der Waals surface area contributed by atoms with Gasteiger partial charge in [-0.05, 0) is 18.6 Å². The molecule has 0 atom stereocenters. The Morgan fingerprint density at radius 3 is 2.50 bits per heavy atom. The predicted octanol–water partition coefficient (Wildman–Crippen LogP) is 4.83. The van der Waals surface area contributed by atoms with Crippen LogP contribution in [-0.2, 0) is 6.54 Å².